The van der Waals surface area contributed by atoms with E-state index >= 15 is 0 Å². The molecule has 6 nitrogen and oxygen atoms in total. The van der Waals surface area contributed by atoms with Gasteiger partial charge in [0.1, 0.15) is 5.75 Å². The van der Waals surface area contributed by atoms with Crippen LogP contribution in [0.15, 0.2) is 75.7 Å². The Kier molecular flexibility index (Phi) is 5.37. The van der Waals surface area contributed by atoms with Gasteiger partial charge < -0.3 is 9.47 Å². The van der Waals surface area contributed by atoms with E-state index < -0.39 is 12.0 Å². The van der Waals surface area contributed by atoms with E-state index in [0.29, 0.717) is 26.4 Å². The van der Waals surface area contributed by atoms with Crippen molar-refractivity contribution in [1.82, 2.24) is 4.57 Å². The average Bonchev–Trinajstić information content (AvgIpc) is 3.07. The summed E-state index contributed by atoms with van der Waals surface area (Å²) < 4.78 is 12.5. The number of ether oxygens (including phenoxy) is 2. The number of rotatable bonds is 4. The number of allylic oxidation sites excluding steroid dienone is 1. The fourth-order valence-electron chi connectivity index (χ4n) is 3.57. The molecule has 0 bridgehead atoms. The number of hydrogen-bond donors (Lipinski definition) is 0. The van der Waals surface area contributed by atoms with Crippen LogP contribution in [0.1, 0.15) is 24.1 Å². The minimum absolute atomic E-state index is 0.215. The second-order valence-corrected chi connectivity index (χ2v) is 7.74. The van der Waals surface area contributed by atoms with Crippen LogP contribution >= 0.6 is 11.3 Å². The first-order chi connectivity index (χ1) is 14.5. The number of benzene rings is 2. The van der Waals surface area contributed by atoms with Crippen LogP contribution in [0, 0.1) is 0 Å². The molecule has 3 aromatic rings. The molecule has 0 spiro atoms. The average molecular weight is 420 g/mol. The second kappa shape index (κ2) is 8.12. The van der Waals surface area contributed by atoms with E-state index in [-0.39, 0.29) is 5.56 Å². The van der Waals surface area contributed by atoms with Gasteiger partial charge in [0, 0.05) is 5.56 Å². The molecular weight excluding hydrogens is 400 g/mol. The summed E-state index contributed by atoms with van der Waals surface area (Å²) in [4.78, 5) is 31.1. The Hall–Kier alpha value is -3.45. The van der Waals surface area contributed by atoms with E-state index in [0.717, 1.165) is 11.1 Å². The van der Waals surface area contributed by atoms with Crippen molar-refractivity contribution in [2.75, 3.05) is 14.2 Å². The number of methoxy groups -OCH3 is 2. The monoisotopic (exact) mass is 420 g/mol. The molecule has 0 amide bonds. The largest absolute Gasteiger partial charge is 0.496 e. The molecule has 0 aliphatic carbocycles. The number of carbonyl (C=O) groups is 1. The molecule has 152 valence electrons. The highest BCUT2D eigenvalue weighted by Crippen LogP contribution is 2.30. The molecule has 2 aromatic carbocycles. The number of thiazole rings is 1. The van der Waals surface area contributed by atoms with Gasteiger partial charge in [-0.15, -0.1) is 0 Å². The maximum atomic E-state index is 13.4. The Morgan fingerprint density at radius 1 is 1.10 bits per heavy atom. The summed E-state index contributed by atoms with van der Waals surface area (Å²) in [6.45, 7) is 1.76. The summed E-state index contributed by atoms with van der Waals surface area (Å²) in [6.07, 6.45) is 1.79. The van der Waals surface area contributed by atoms with Crippen LogP contribution in [-0.2, 0) is 9.53 Å². The van der Waals surface area contributed by atoms with Crippen molar-refractivity contribution in [3.8, 4) is 5.75 Å². The Morgan fingerprint density at radius 2 is 1.80 bits per heavy atom. The molecule has 1 aliphatic heterocycles. The standard InChI is InChI=1S/C23H20N2O4S/c1-14-19(22(27)29-3)20(15-9-5-4-6-10-15)25-21(26)18(30-23(25)24-14)13-16-11-7-8-12-17(16)28-2/h4-13,20H,1-3H3. The highest BCUT2D eigenvalue weighted by Gasteiger charge is 2.32. The van der Waals surface area contributed by atoms with E-state index in [1.807, 2.05) is 54.6 Å². The molecule has 4 rings (SSSR count). The third-order valence-corrected chi connectivity index (χ3v) is 5.95. The number of hydrogen-bond acceptors (Lipinski definition) is 6. The van der Waals surface area contributed by atoms with Gasteiger partial charge in [0.15, 0.2) is 4.80 Å². The predicted octanol–water partition coefficient (Wildman–Crippen LogP) is 2.42. The topological polar surface area (TPSA) is 69.9 Å². The van der Waals surface area contributed by atoms with Gasteiger partial charge in [-0.3, -0.25) is 9.36 Å². The number of esters is 1. The molecule has 1 atom stereocenters. The number of carbonyl (C=O) groups excluding carboxylic acids is 1. The van der Waals surface area contributed by atoms with E-state index in [4.69, 9.17) is 9.47 Å². The summed E-state index contributed by atoms with van der Waals surface area (Å²) in [5.74, 6) is 0.179. The third kappa shape index (κ3) is 3.37. The van der Waals surface area contributed by atoms with Crippen LogP contribution in [-0.4, -0.2) is 24.8 Å². The second-order valence-electron chi connectivity index (χ2n) is 6.73. The highest BCUT2D eigenvalue weighted by atomic mass is 32.1. The molecule has 0 saturated heterocycles. The maximum Gasteiger partial charge on any atom is 0.338 e. The maximum absolute atomic E-state index is 13.4. The highest BCUT2D eigenvalue weighted by molar-refractivity contribution is 7.07. The van der Waals surface area contributed by atoms with Crippen molar-refractivity contribution >= 4 is 23.4 Å². The zero-order valence-electron chi connectivity index (χ0n) is 16.8. The van der Waals surface area contributed by atoms with Gasteiger partial charge in [-0.25, -0.2) is 9.79 Å². The van der Waals surface area contributed by atoms with Gasteiger partial charge in [0.05, 0.1) is 36.1 Å². The Balaban J connectivity index is 1.99. The number of aromatic nitrogens is 1. The molecular formula is C23H20N2O4S. The lowest BCUT2D eigenvalue weighted by molar-refractivity contribution is -0.136. The predicted molar refractivity (Wildman–Crippen MR) is 115 cm³/mol. The minimum atomic E-state index is -0.602. The zero-order chi connectivity index (χ0) is 21.3. The van der Waals surface area contributed by atoms with Gasteiger partial charge in [0.25, 0.3) is 5.56 Å². The third-order valence-electron chi connectivity index (χ3n) is 4.97. The number of fused-ring (bicyclic) bond motifs is 1. The van der Waals surface area contributed by atoms with Crippen molar-refractivity contribution in [3.05, 3.63) is 96.7 Å². The molecule has 1 aliphatic rings. The lowest BCUT2D eigenvalue weighted by Gasteiger charge is -2.24. The fraction of sp³-hybridized carbons (Fsp3) is 0.174. The first-order valence-electron chi connectivity index (χ1n) is 9.34. The van der Waals surface area contributed by atoms with Crippen molar-refractivity contribution in [2.45, 2.75) is 13.0 Å². The number of nitrogens with zero attached hydrogens (tertiary/aromatic N) is 2. The molecule has 1 aromatic heterocycles. The lowest BCUT2D eigenvalue weighted by Crippen LogP contribution is -2.39. The molecule has 0 saturated carbocycles. The normalized spacial score (nSPS) is 16.1. The van der Waals surface area contributed by atoms with Gasteiger partial charge in [0.2, 0.25) is 0 Å². The summed E-state index contributed by atoms with van der Waals surface area (Å²) in [5, 5.41) is 0. The van der Waals surface area contributed by atoms with E-state index in [9.17, 15) is 9.59 Å². The fourth-order valence-corrected chi connectivity index (χ4v) is 4.61. The van der Waals surface area contributed by atoms with Crippen LogP contribution in [0.25, 0.3) is 6.08 Å². The molecule has 7 heteroatoms. The van der Waals surface area contributed by atoms with E-state index in [1.54, 1.807) is 24.7 Å². The zero-order valence-corrected chi connectivity index (χ0v) is 17.6. The van der Waals surface area contributed by atoms with Gasteiger partial charge in [-0.2, -0.15) is 0 Å². The van der Waals surface area contributed by atoms with Crippen LogP contribution < -0.4 is 19.6 Å². The van der Waals surface area contributed by atoms with Gasteiger partial charge in [-0.1, -0.05) is 59.9 Å². The molecule has 0 N–H and O–H groups in total. The summed E-state index contributed by atoms with van der Waals surface area (Å²) in [6, 6.07) is 16.3. The molecule has 0 radical (unpaired) electrons. The number of para-hydroxylation sites is 1. The Labute approximate surface area is 177 Å². The van der Waals surface area contributed by atoms with Crippen molar-refractivity contribution in [2.24, 2.45) is 4.99 Å². The molecule has 2 heterocycles. The minimum Gasteiger partial charge on any atom is -0.496 e. The van der Waals surface area contributed by atoms with Crippen LogP contribution in [0.2, 0.25) is 0 Å². The van der Waals surface area contributed by atoms with Crippen molar-refractivity contribution in [1.29, 1.82) is 0 Å². The van der Waals surface area contributed by atoms with Crippen LogP contribution in [0.3, 0.4) is 0 Å². The molecule has 1 unspecified atom stereocenters. The Morgan fingerprint density at radius 3 is 2.50 bits per heavy atom. The van der Waals surface area contributed by atoms with Gasteiger partial charge >= 0.3 is 5.97 Å². The Bertz CT molecular complexity index is 1320. The SMILES string of the molecule is COC(=O)C1=C(C)N=c2sc(=Cc3ccccc3OC)c(=O)n2C1c1ccccc1. The van der Waals surface area contributed by atoms with E-state index in [1.165, 1.54) is 18.4 Å². The molecule has 0 fully saturated rings. The summed E-state index contributed by atoms with van der Waals surface area (Å²) >= 11 is 1.29. The lowest BCUT2D eigenvalue weighted by atomic mass is 9.96. The van der Waals surface area contributed by atoms with Crippen molar-refractivity contribution in [3.63, 3.8) is 0 Å². The smallest absolute Gasteiger partial charge is 0.338 e. The quantitative estimate of drug-likeness (QED) is 0.608. The first kappa shape index (κ1) is 19.8. The van der Waals surface area contributed by atoms with Gasteiger partial charge in [-0.05, 0) is 24.6 Å². The van der Waals surface area contributed by atoms with E-state index in [2.05, 4.69) is 4.99 Å². The summed E-state index contributed by atoms with van der Waals surface area (Å²) in [5.41, 5.74) is 2.30. The van der Waals surface area contributed by atoms with Crippen LogP contribution in [0.5, 0.6) is 5.75 Å². The van der Waals surface area contributed by atoms with Crippen molar-refractivity contribution < 1.29 is 14.3 Å². The molecule has 30 heavy (non-hydrogen) atoms. The van der Waals surface area contributed by atoms with Crippen LogP contribution in [0.4, 0.5) is 0 Å². The first-order valence-corrected chi connectivity index (χ1v) is 10.2. The summed E-state index contributed by atoms with van der Waals surface area (Å²) in [7, 11) is 2.92.